The molecule has 0 N–H and O–H groups in total. The Morgan fingerprint density at radius 2 is 0.800 bits per heavy atom. The van der Waals surface area contributed by atoms with Gasteiger partial charge in [0.2, 0.25) is 0 Å². The molecule has 0 aromatic heterocycles. The second-order valence-electron chi connectivity index (χ2n) is 8.11. The normalized spacial score (nSPS) is 10.6. The number of benzene rings is 5. The van der Waals surface area contributed by atoms with Crippen molar-refractivity contribution in [2.45, 2.75) is 6.16 Å². The molecule has 3 heteroatoms. The molecule has 0 aliphatic carbocycles. The van der Waals surface area contributed by atoms with Gasteiger partial charge in [0.05, 0.1) is 12.1 Å². The summed E-state index contributed by atoms with van der Waals surface area (Å²) in [6.07, 6.45) is 1.03. The van der Waals surface area contributed by atoms with Crippen LogP contribution in [0.25, 0.3) is 0 Å². The predicted molar refractivity (Wildman–Crippen MR) is 146 cm³/mol. The predicted octanol–water partition coefficient (Wildman–Crippen LogP) is 5.23. The third-order valence-corrected chi connectivity index (χ3v) is 10.2. The zero-order valence-electron chi connectivity index (χ0n) is 19.4. The van der Waals surface area contributed by atoms with Gasteiger partial charge in [0.25, 0.3) is 0 Å². The molecule has 5 aromatic carbocycles. The molecule has 0 fully saturated rings. The second-order valence-corrected chi connectivity index (χ2v) is 11.6. The lowest BCUT2D eigenvalue weighted by molar-refractivity contribution is -0.255. The van der Waals surface area contributed by atoms with Gasteiger partial charge in [-0.15, -0.1) is 0 Å². The number of hydrogen-bond acceptors (Lipinski definition) is 2. The van der Waals surface area contributed by atoms with Gasteiger partial charge in [-0.1, -0.05) is 115 Å². The van der Waals surface area contributed by atoms with Crippen molar-refractivity contribution in [3.63, 3.8) is 0 Å². The molecule has 0 heterocycles. The lowest BCUT2D eigenvalue weighted by atomic mass is 10.2. The first-order valence-corrected chi connectivity index (χ1v) is 13.5. The fraction of sp³-hybridized carbons (Fsp3) is 0.0312. The Bertz CT molecular complexity index is 1210. The van der Waals surface area contributed by atoms with Crippen LogP contribution < -0.4 is 21.0 Å². The number of carboxylic acids is 1. The van der Waals surface area contributed by atoms with Crippen LogP contribution in [0.2, 0.25) is 0 Å². The van der Waals surface area contributed by atoms with E-state index in [0.29, 0.717) is 0 Å². The van der Waals surface area contributed by atoms with Crippen molar-refractivity contribution in [3.8, 4) is 0 Å². The summed E-state index contributed by atoms with van der Waals surface area (Å²) in [6.45, 7) is 0. The summed E-state index contributed by atoms with van der Waals surface area (Å²) in [5.74, 6) is -1.13. The zero-order valence-corrected chi connectivity index (χ0v) is 20.3. The largest absolute Gasteiger partial charge is 0.545 e. The van der Waals surface area contributed by atoms with Crippen molar-refractivity contribution in [1.29, 1.82) is 0 Å². The first kappa shape index (κ1) is 24.1. The van der Waals surface area contributed by atoms with Crippen molar-refractivity contribution in [2.24, 2.45) is 0 Å². The fourth-order valence-electron chi connectivity index (χ4n) is 4.20. The standard InChI is InChI=1S/C25H22P.C7H6O2/c1-5-13-22(14-6-1)21-26(23-15-7-2-8-16-23,24-17-9-3-10-18-24)25-19-11-4-12-20-25;8-7(9)6-4-2-1-3-5-6/h1-20H,21H2;1-5H,(H,8,9)/q+1;/p-1. The van der Waals surface area contributed by atoms with Gasteiger partial charge in [0, 0.05) is 0 Å². The lowest BCUT2D eigenvalue weighted by Crippen LogP contribution is -2.32. The fourth-order valence-corrected chi connectivity index (χ4v) is 8.44. The monoisotopic (exact) mass is 474 g/mol. The van der Waals surface area contributed by atoms with Crippen molar-refractivity contribution in [3.05, 3.63) is 163 Å². The van der Waals surface area contributed by atoms with Crippen LogP contribution in [0.5, 0.6) is 0 Å². The molecule has 5 aromatic rings. The molecule has 2 nitrogen and oxygen atoms in total. The summed E-state index contributed by atoms with van der Waals surface area (Å²) in [5, 5.41) is 14.4. The zero-order chi connectivity index (χ0) is 24.3. The highest BCUT2D eigenvalue weighted by molar-refractivity contribution is 7.95. The molecular formula is C32H27O2P. The first-order valence-electron chi connectivity index (χ1n) is 11.6. The molecule has 0 unspecified atom stereocenters. The summed E-state index contributed by atoms with van der Waals surface area (Å²) in [4.78, 5) is 10.1. The third-order valence-electron chi connectivity index (χ3n) is 5.86. The Hall–Kier alpha value is -4.00. The Morgan fingerprint density at radius 1 is 0.486 bits per heavy atom. The van der Waals surface area contributed by atoms with Crippen molar-refractivity contribution >= 4 is 29.1 Å². The number of aromatic carboxylic acids is 1. The molecule has 0 saturated heterocycles. The number of hydrogen-bond donors (Lipinski definition) is 0. The van der Waals surface area contributed by atoms with Gasteiger partial charge in [-0.25, -0.2) is 0 Å². The molecule has 35 heavy (non-hydrogen) atoms. The summed E-state index contributed by atoms with van der Waals surface area (Å²) < 4.78 is 0. The van der Waals surface area contributed by atoms with E-state index in [-0.39, 0.29) is 5.56 Å². The molecule has 0 spiro atoms. The van der Waals surface area contributed by atoms with Crippen molar-refractivity contribution < 1.29 is 9.90 Å². The van der Waals surface area contributed by atoms with E-state index in [1.165, 1.54) is 33.6 Å². The van der Waals surface area contributed by atoms with Gasteiger partial charge in [-0.2, -0.15) is 0 Å². The van der Waals surface area contributed by atoms with Gasteiger partial charge >= 0.3 is 0 Å². The van der Waals surface area contributed by atoms with Gasteiger partial charge in [-0.3, -0.25) is 0 Å². The summed E-state index contributed by atoms with van der Waals surface area (Å²) in [5.41, 5.74) is 1.61. The molecule has 172 valence electrons. The Kier molecular flexibility index (Phi) is 8.22. The molecule has 5 rings (SSSR count). The minimum atomic E-state index is -1.78. The van der Waals surface area contributed by atoms with E-state index in [1.807, 2.05) is 0 Å². The van der Waals surface area contributed by atoms with Crippen LogP contribution >= 0.6 is 7.26 Å². The van der Waals surface area contributed by atoms with Crippen LogP contribution in [0.4, 0.5) is 0 Å². The van der Waals surface area contributed by atoms with Gasteiger partial charge < -0.3 is 9.90 Å². The molecular weight excluding hydrogens is 447 g/mol. The van der Waals surface area contributed by atoms with E-state index >= 15 is 0 Å². The van der Waals surface area contributed by atoms with E-state index in [9.17, 15) is 9.90 Å². The van der Waals surface area contributed by atoms with E-state index in [1.54, 1.807) is 18.2 Å². The van der Waals surface area contributed by atoms with Crippen LogP contribution in [0.1, 0.15) is 15.9 Å². The Balaban J connectivity index is 0.000000271. The van der Waals surface area contributed by atoms with Gasteiger partial charge in [0.1, 0.15) is 23.2 Å². The molecule has 0 saturated carbocycles. The maximum Gasteiger partial charge on any atom is 0.116 e. The maximum absolute atomic E-state index is 10.1. The second kappa shape index (κ2) is 11.9. The number of carbonyl (C=O) groups is 1. The van der Waals surface area contributed by atoms with E-state index in [0.717, 1.165) is 6.16 Å². The highest BCUT2D eigenvalue weighted by Crippen LogP contribution is 2.58. The summed E-state index contributed by atoms with van der Waals surface area (Å²) in [7, 11) is -1.78. The van der Waals surface area contributed by atoms with Crippen molar-refractivity contribution in [1.82, 2.24) is 0 Å². The first-order chi connectivity index (χ1) is 17.2. The Morgan fingerprint density at radius 3 is 1.11 bits per heavy atom. The van der Waals surface area contributed by atoms with Crippen molar-refractivity contribution in [2.75, 3.05) is 0 Å². The van der Waals surface area contributed by atoms with E-state index in [4.69, 9.17) is 0 Å². The van der Waals surface area contributed by atoms with Gasteiger partial charge in [-0.05, 0) is 47.5 Å². The number of carboxylic acid groups (broad SMARTS) is 1. The van der Waals surface area contributed by atoms with Crippen LogP contribution in [-0.2, 0) is 6.16 Å². The van der Waals surface area contributed by atoms with Crippen LogP contribution in [0, 0.1) is 0 Å². The average molecular weight is 475 g/mol. The minimum absolute atomic E-state index is 0.220. The topological polar surface area (TPSA) is 40.1 Å². The highest BCUT2D eigenvalue weighted by Gasteiger charge is 2.45. The molecule has 0 radical (unpaired) electrons. The minimum Gasteiger partial charge on any atom is -0.545 e. The van der Waals surface area contributed by atoms with Crippen LogP contribution in [0.3, 0.4) is 0 Å². The Labute approximate surface area is 207 Å². The highest BCUT2D eigenvalue weighted by atomic mass is 31.2. The van der Waals surface area contributed by atoms with Crippen LogP contribution in [0.15, 0.2) is 152 Å². The van der Waals surface area contributed by atoms with E-state index in [2.05, 4.69) is 121 Å². The maximum atomic E-state index is 10.1. The smallest absolute Gasteiger partial charge is 0.116 e. The molecule has 0 bridgehead atoms. The molecule has 0 atom stereocenters. The lowest BCUT2D eigenvalue weighted by Gasteiger charge is -2.27. The third kappa shape index (κ3) is 5.93. The van der Waals surface area contributed by atoms with Crippen LogP contribution in [-0.4, -0.2) is 5.97 Å². The summed E-state index contributed by atoms with van der Waals surface area (Å²) >= 11 is 0. The van der Waals surface area contributed by atoms with Gasteiger partial charge in [0.15, 0.2) is 0 Å². The van der Waals surface area contributed by atoms with E-state index < -0.39 is 13.2 Å². The SMILES string of the molecule is O=C([O-])c1ccccc1.c1ccc(C[P+](c2ccccc2)(c2ccccc2)c2ccccc2)cc1. The number of rotatable bonds is 6. The summed E-state index contributed by atoms with van der Waals surface area (Å²) in [6, 6.07) is 52.1. The number of carbonyl (C=O) groups excluding carboxylic acids is 1. The average Bonchev–Trinajstić information content (AvgIpc) is 2.94. The quantitative estimate of drug-likeness (QED) is 0.316. The molecule has 0 amide bonds. The molecule has 0 aliphatic rings. The molecule has 0 aliphatic heterocycles.